The van der Waals surface area contributed by atoms with Crippen LogP contribution < -0.4 is 0 Å². The summed E-state index contributed by atoms with van der Waals surface area (Å²) in [4.78, 5) is 0. The van der Waals surface area contributed by atoms with E-state index in [0.717, 1.165) is 0 Å². The molecule has 0 aliphatic carbocycles. The molecule has 0 aromatic heterocycles. The van der Waals surface area contributed by atoms with Crippen LogP contribution in [0.25, 0.3) is 0 Å². The van der Waals surface area contributed by atoms with Crippen LogP contribution in [-0.2, 0) is 11.3 Å². The summed E-state index contributed by atoms with van der Waals surface area (Å²) in [6.07, 6.45) is 0. The zero-order valence-corrected chi connectivity index (χ0v) is 4.24. The average Bonchev–Trinajstić information content (AvgIpc) is 1.36. The number of rotatable bonds is 1. The van der Waals surface area contributed by atoms with Crippen LogP contribution in [0.4, 0.5) is 8.96 Å². The summed E-state index contributed by atoms with van der Waals surface area (Å²) in [5.74, 6) is 0. The Morgan fingerprint density at radius 3 is 1.71 bits per heavy atom. The maximum Gasteiger partial charge on any atom is 0.0984 e. The third-order valence-electron chi connectivity index (χ3n) is 0.113. The molecule has 0 aromatic carbocycles. The van der Waals surface area contributed by atoms with Crippen LogP contribution in [0, 0.1) is 0 Å². The quantitative estimate of drug-likeness (QED) is 0.267. The van der Waals surface area contributed by atoms with Crippen molar-refractivity contribution in [3.05, 3.63) is 0 Å². The van der Waals surface area contributed by atoms with E-state index in [1.807, 2.05) is 0 Å². The van der Waals surface area contributed by atoms with Crippen molar-refractivity contribution >= 4 is 30.1 Å². The smallest absolute Gasteiger partial charge is 0.0984 e. The monoisotopic (exact) mass is 123 g/mol. The largest absolute Gasteiger partial charge is 0.756 e. The first-order chi connectivity index (χ1) is 2.64. The number of hydrogen-bond donors (Lipinski definition) is 0. The second-order valence-electron chi connectivity index (χ2n) is 0.419. The molecule has 0 spiro atoms. The van der Waals surface area contributed by atoms with Crippen molar-refractivity contribution in [2.75, 3.05) is 0 Å². The first-order valence-corrected chi connectivity index (χ1v) is 1.89. The van der Waals surface area contributed by atoms with E-state index in [4.69, 9.17) is 8.76 Å². The second-order valence-corrected chi connectivity index (χ2v) is 1.13. The predicted molar refractivity (Wildman–Crippen MR) is 18.7 cm³/mol. The van der Waals surface area contributed by atoms with Gasteiger partial charge in [0, 0.05) is 18.9 Å². The molecule has 0 aliphatic rings. The van der Waals surface area contributed by atoms with Crippen LogP contribution >= 0.6 is 0 Å². The van der Waals surface area contributed by atoms with Crippen molar-refractivity contribution in [1.82, 2.24) is 4.75 Å². The van der Waals surface area contributed by atoms with Crippen LogP contribution in [-0.4, -0.2) is 32.4 Å². The van der Waals surface area contributed by atoms with Crippen molar-refractivity contribution < 1.29 is 17.7 Å². The van der Waals surface area contributed by atoms with E-state index in [1.165, 1.54) is 0 Å². The molecular formula is F2LiNO2S-. The fraction of sp³-hybridized carbons (Fsp3) is 0. The summed E-state index contributed by atoms with van der Waals surface area (Å²) >= 11 is -3.37. The van der Waals surface area contributed by atoms with Gasteiger partial charge in [0.15, 0.2) is 0 Å². The van der Waals surface area contributed by atoms with Crippen molar-refractivity contribution in [1.29, 1.82) is 0 Å². The number of halogens is 2. The van der Waals surface area contributed by atoms with E-state index in [0.29, 0.717) is 0 Å². The molecule has 0 bridgehead atoms. The molecule has 0 saturated carbocycles. The molecule has 7 heteroatoms. The molecule has 7 heavy (non-hydrogen) atoms. The maximum atomic E-state index is 10.4. The zero-order chi connectivity index (χ0) is 5.15. The summed E-state index contributed by atoms with van der Waals surface area (Å²) < 4.78 is 36.6. The molecule has 0 amide bonds. The standard InChI is InChI=1S/F2HNO2S.Li/c1-3(2)6(4)5;/h(H,4,5);/p-1. The van der Waals surface area contributed by atoms with E-state index >= 15 is 0 Å². The maximum absolute atomic E-state index is 10.4. The van der Waals surface area contributed by atoms with E-state index in [9.17, 15) is 8.96 Å². The molecule has 1 radical (unpaired) electrons. The summed E-state index contributed by atoms with van der Waals surface area (Å²) in [7, 11) is 0. The topological polar surface area (TPSA) is 43.4 Å². The van der Waals surface area contributed by atoms with Gasteiger partial charge in [-0.3, -0.25) is 4.21 Å². The SMILES string of the molecule is O=S([O-])N(F)F.[Li]. The van der Waals surface area contributed by atoms with Crippen molar-refractivity contribution in [3.8, 4) is 0 Å². The van der Waals surface area contributed by atoms with Crippen LogP contribution in [0.5, 0.6) is 0 Å². The van der Waals surface area contributed by atoms with Gasteiger partial charge >= 0.3 is 0 Å². The molecule has 0 fully saturated rings. The van der Waals surface area contributed by atoms with Crippen LogP contribution in [0.2, 0.25) is 0 Å². The predicted octanol–water partition coefficient (Wildman–Crippen LogP) is -0.529. The molecule has 39 valence electrons. The fourth-order valence-electron chi connectivity index (χ4n) is 0. The van der Waals surface area contributed by atoms with E-state index in [1.54, 1.807) is 0 Å². The van der Waals surface area contributed by atoms with Crippen LogP contribution in [0.1, 0.15) is 0 Å². The fourth-order valence-corrected chi connectivity index (χ4v) is 0. The first kappa shape index (κ1) is 10.5. The molecule has 0 aliphatic heterocycles. The Kier molecular flexibility index (Phi) is 7.02. The van der Waals surface area contributed by atoms with Gasteiger partial charge in [0.1, 0.15) is 0 Å². The van der Waals surface area contributed by atoms with Gasteiger partial charge in [-0.05, 0) is 0 Å². The van der Waals surface area contributed by atoms with Crippen molar-refractivity contribution in [2.24, 2.45) is 0 Å². The van der Waals surface area contributed by atoms with Gasteiger partial charge in [0.05, 0.1) is 16.0 Å². The Hall–Kier alpha value is 0.527. The third kappa shape index (κ3) is 6.53. The van der Waals surface area contributed by atoms with Crippen LogP contribution in [0.3, 0.4) is 0 Å². The Labute approximate surface area is 53.1 Å². The summed E-state index contributed by atoms with van der Waals surface area (Å²) in [5, 5.41) is 0. The molecule has 0 rings (SSSR count). The normalized spacial score (nSPS) is 13.1. The van der Waals surface area contributed by atoms with E-state index < -0.39 is 16.0 Å². The summed E-state index contributed by atoms with van der Waals surface area (Å²) in [5.41, 5.74) is 0. The van der Waals surface area contributed by atoms with Crippen molar-refractivity contribution in [3.63, 3.8) is 0 Å². The van der Waals surface area contributed by atoms with Gasteiger partial charge in [0.2, 0.25) is 0 Å². The van der Waals surface area contributed by atoms with E-state index in [2.05, 4.69) is 0 Å². The van der Waals surface area contributed by atoms with Gasteiger partial charge in [-0.25, -0.2) is 0 Å². The zero-order valence-electron chi connectivity index (χ0n) is 3.43. The summed E-state index contributed by atoms with van der Waals surface area (Å²) in [6, 6.07) is 0. The molecular weight excluding hydrogens is 123 g/mol. The minimum absolute atomic E-state index is 0. The van der Waals surface area contributed by atoms with Gasteiger partial charge in [0.25, 0.3) is 0 Å². The molecule has 1 atom stereocenters. The molecule has 0 saturated heterocycles. The molecule has 1 unspecified atom stereocenters. The summed E-state index contributed by atoms with van der Waals surface area (Å²) in [6.45, 7) is 0. The Morgan fingerprint density at radius 1 is 1.57 bits per heavy atom. The Bertz CT molecular complexity index is 66.7. The number of hydrogen-bond acceptors (Lipinski definition) is 2. The number of nitrogens with zero attached hydrogens (tertiary/aromatic N) is 1. The first-order valence-electron chi connectivity index (χ1n) is 0.854. The minimum atomic E-state index is -3.37. The Balaban J connectivity index is 0. The van der Waals surface area contributed by atoms with E-state index in [-0.39, 0.29) is 18.9 Å². The molecule has 0 aromatic rings. The van der Waals surface area contributed by atoms with Gasteiger partial charge in [-0.15, -0.1) is 0 Å². The average molecular weight is 123 g/mol. The van der Waals surface area contributed by atoms with Crippen molar-refractivity contribution in [2.45, 2.75) is 0 Å². The second kappa shape index (κ2) is 4.68. The Morgan fingerprint density at radius 2 is 1.71 bits per heavy atom. The van der Waals surface area contributed by atoms with Crippen LogP contribution in [0.15, 0.2) is 0 Å². The molecule has 3 nitrogen and oxygen atoms in total. The van der Waals surface area contributed by atoms with Gasteiger partial charge < -0.3 is 4.55 Å². The van der Waals surface area contributed by atoms with Gasteiger partial charge in [-0.2, -0.15) is 0 Å². The van der Waals surface area contributed by atoms with Gasteiger partial charge in [-0.1, -0.05) is 8.96 Å². The molecule has 0 N–H and O–H groups in total. The minimum Gasteiger partial charge on any atom is -0.756 e. The third-order valence-corrected chi connectivity index (χ3v) is 0.338. The molecule has 0 heterocycles.